The number of sulfonamides is 1. The molecule has 0 atom stereocenters. The van der Waals surface area contributed by atoms with E-state index >= 15 is 0 Å². The predicted octanol–water partition coefficient (Wildman–Crippen LogP) is 2.35. The first-order valence-electron chi connectivity index (χ1n) is 9.70. The number of aromatic amines is 1. The average molecular weight is 424 g/mol. The van der Waals surface area contributed by atoms with Crippen LogP contribution in [0.5, 0.6) is 0 Å². The zero-order chi connectivity index (χ0) is 21.4. The summed E-state index contributed by atoms with van der Waals surface area (Å²) < 4.78 is 28.1. The highest BCUT2D eigenvalue weighted by atomic mass is 32.2. The van der Waals surface area contributed by atoms with Gasteiger partial charge in [0.2, 0.25) is 10.0 Å². The van der Waals surface area contributed by atoms with Gasteiger partial charge in [-0.25, -0.2) is 13.4 Å². The van der Waals surface area contributed by atoms with Crippen LogP contribution in [0.4, 0.5) is 0 Å². The third-order valence-corrected chi connectivity index (χ3v) is 7.41. The second-order valence-corrected chi connectivity index (χ2v) is 9.66. The number of H-pyrrole nitrogens is 1. The first-order valence-corrected chi connectivity index (χ1v) is 11.3. The Balaban J connectivity index is 1.68. The minimum absolute atomic E-state index is 0.116. The number of hydrogen-bond acceptors (Lipinski definition) is 6. The average Bonchev–Trinajstić information content (AvgIpc) is 3.37. The summed E-state index contributed by atoms with van der Waals surface area (Å²) in [5, 5.41) is 24.2. The molecular formula is C20H21N7O2S. The van der Waals surface area contributed by atoms with Crippen LogP contribution in [0.2, 0.25) is 0 Å². The van der Waals surface area contributed by atoms with Crippen LogP contribution >= 0.6 is 0 Å². The maximum absolute atomic E-state index is 12.5. The first-order chi connectivity index (χ1) is 14.4. The Bertz CT molecular complexity index is 1270. The van der Waals surface area contributed by atoms with Gasteiger partial charge in [-0.2, -0.15) is 19.9 Å². The number of nitrogens with zero attached hydrogens (tertiary/aromatic N) is 6. The highest BCUT2D eigenvalue weighted by Gasteiger charge is 2.50. The van der Waals surface area contributed by atoms with Crippen LogP contribution in [0.25, 0.3) is 22.2 Å². The van der Waals surface area contributed by atoms with Crippen LogP contribution in [0.1, 0.15) is 31.7 Å². The number of aromatic nitrogens is 4. The Kier molecular flexibility index (Phi) is 5.06. The van der Waals surface area contributed by atoms with Gasteiger partial charge < -0.3 is 4.98 Å². The van der Waals surface area contributed by atoms with E-state index < -0.39 is 15.6 Å². The Labute approximate surface area is 174 Å². The van der Waals surface area contributed by atoms with Crippen LogP contribution in [0.15, 0.2) is 30.9 Å². The van der Waals surface area contributed by atoms with E-state index in [1.54, 1.807) is 23.3 Å². The summed E-state index contributed by atoms with van der Waals surface area (Å²) in [6, 6.07) is 6.20. The van der Waals surface area contributed by atoms with Crippen molar-refractivity contribution in [1.29, 1.82) is 10.5 Å². The molecule has 1 aliphatic heterocycles. The van der Waals surface area contributed by atoms with Crippen molar-refractivity contribution in [3.05, 3.63) is 36.4 Å². The second-order valence-electron chi connectivity index (χ2n) is 7.57. The summed E-state index contributed by atoms with van der Waals surface area (Å²) >= 11 is 0. The van der Waals surface area contributed by atoms with Gasteiger partial charge in [0.1, 0.15) is 17.3 Å². The summed E-state index contributed by atoms with van der Waals surface area (Å²) in [5.74, 6) is 0.116. The van der Waals surface area contributed by atoms with Gasteiger partial charge in [0, 0.05) is 48.2 Å². The molecule has 1 N–H and O–H groups in total. The van der Waals surface area contributed by atoms with E-state index in [0.717, 1.165) is 17.4 Å². The van der Waals surface area contributed by atoms with Gasteiger partial charge in [-0.05, 0) is 12.5 Å². The van der Waals surface area contributed by atoms with Gasteiger partial charge in [-0.3, -0.25) is 4.68 Å². The molecule has 0 saturated carbocycles. The van der Waals surface area contributed by atoms with Crippen molar-refractivity contribution in [2.75, 3.05) is 18.8 Å². The quantitative estimate of drug-likeness (QED) is 0.620. The number of nitriles is 2. The lowest BCUT2D eigenvalue weighted by atomic mass is 9.89. The Morgan fingerprint density at radius 1 is 1.30 bits per heavy atom. The number of rotatable bonds is 7. The molecule has 9 nitrogen and oxygen atoms in total. The first kappa shape index (κ1) is 20.1. The molecule has 0 bridgehead atoms. The van der Waals surface area contributed by atoms with Crippen LogP contribution in [-0.4, -0.2) is 51.3 Å². The number of fused-ring (bicyclic) bond motifs is 1. The molecule has 1 fully saturated rings. The molecule has 0 radical (unpaired) electrons. The number of pyridine rings is 1. The van der Waals surface area contributed by atoms with Crippen LogP contribution < -0.4 is 0 Å². The summed E-state index contributed by atoms with van der Waals surface area (Å²) in [5.41, 5.74) is 1.83. The molecule has 0 aliphatic carbocycles. The fourth-order valence-electron chi connectivity index (χ4n) is 3.86. The summed E-state index contributed by atoms with van der Waals surface area (Å²) in [7, 11) is -3.33. The number of nitrogens with one attached hydrogen (secondary N) is 1. The molecule has 0 amide bonds. The molecule has 4 heterocycles. The van der Waals surface area contributed by atoms with E-state index in [-0.39, 0.29) is 25.3 Å². The smallest absolute Gasteiger partial charge is 0.214 e. The van der Waals surface area contributed by atoms with Crippen molar-refractivity contribution >= 4 is 21.1 Å². The van der Waals surface area contributed by atoms with E-state index in [0.29, 0.717) is 23.2 Å². The SMILES string of the molecule is CCCCS(=O)(=O)N1CC(CC#N)(n2cc(-c3c(C#N)cnc4[nH]ccc34)cn2)C1. The molecule has 3 aromatic heterocycles. The van der Waals surface area contributed by atoms with Crippen LogP contribution in [0, 0.1) is 22.7 Å². The molecule has 10 heteroatoms. The molecule has 30 heavy (non-hydrogen) atoms. The largest absolute Gasteiger partial charge is 0.346 e. The summed E-state index contributed by atoms with van der Waals surface area (Å²) in [6.45, 7) is 2.39. The monoisotopic (exact) mass is 423 g/mol. The highest BCUT2D eigenvalue weighted by Crippen LogP contribution is 2.37. The van der Waals surface area contributed by atoms with E-state index in [1.165, 1.54) is 10.5 Å². The molecule has 0 aromatic carbocycles. The Morgan fingerprint density at radius 2 is 2.10 bits per heavy atom. The molecule has 3 aromatic rings. The maximum Gasteiger partial charge on any atom is 0.214 e. The lowest BCUT2D eigenvalue weighted by Gasteiger charge is -2.47. The topological polar surface area (TPSA) is 131 Å². The third-order valence-electron chi connectivity index (χ3n) is 5.56. The van der Waals surface area contributed by atoms with Crippen molar-refractivity contribution in [2.24, 2.45) is 0 Å². The molecule has 0 unspecified atom stereocenters. The minimum atomic E-state index is -3.33. The predicted molar refractivity (Wildman–Crippen MR) is 111 cm³/mol. The number of unbranched alkanes of at least 4 members (excludes halogenated alkanes) is 1. The van der Waals surface area contributed by atoms with Gasteiger partial charge in [0.15, 0.2) is 0 Å². The maximum atomic E-state index is 12.5. The van der Waals surface area contributed by atoms with Gasteiger partial charge in [0.25, 0.3) is 0 Å². The highest BCUT2D eigenvalue weighted by molar-refractivity contribution is 7.89. The van der Waals surface area contributed by atoms with Crippen molar-refractivity contribution in [3.63, 3.8) is 0 Å². The number of hydrogen-bond donors (Lipinski definition) is 1. The van der Waals surface area contributed by atoms with Crippen LogP contribution in [-0.2, 0) is 15.6 Å². The lowest BCUT2D eigenvalue weighted by Crippen LogP contribution is -2.64. The van der Waals surface area contributed by atoms with Crippen molar-refractivity contribution in [2.45, 2.75) is 31.7 Å². The van der Waals surface area contributed by atoms with Gasteiger partial charge in [-0.1, -0.05) is 13.3 Å². The Hall–Kier alpha value is -3.21. The fraction of sp³-hybridized carbons (Fsp3) is 0.400. The van der Waals surface area contributed by atoms with E-state index in [4.69, 9.17) is 0 Å². The van der Waals surface area contributed by atoms with E-state index in [1.807, 2.05) is 13.0 Å². The molecule has 0 spiro atoms. The zero-order valence-corrected chi connectivity index (χ0v) is 17.4. The summed E-state index contributed by atoms with van der Waals surface area (Å²) in [6.07, 6.45) is 8.28. The third kappa shape index (κ3) is 3.24. The molecular weight excluding hydrogens is 402 g/mol. The molecule has 154 valence electrons. The van der Waals surface area contributed by atoms with Crippen molar-refractivity contribution < 1.29 is 8.42 Å². The van der Waals surface area contributed by atoms with Crippen LogP contribution in [0.3, 0.4) is 0 Å². The lowest BCUT2D eigenvalue weighted by molar-refractivity contribution is 0.0717. The molecule has 1 saturated heterocycles. The Morgan fingerprint density at radius 3 is 2.80 bits per heavy atom. The molecule has 4 rings (SSSR count). The van der Waals surface area contributed by atoms with Gasteiger partial charge in [0.05, 0.1) is 30.0 Å². The van der Waals surface area contributed by atoms with E-state index in [9.17, 15) is 18.9 Å². The van der Waals surface area contributed by atoms with Crippen molar-refractivity contribution in [1.82, 2.24) is 24.1 Å². The fourth-order valence-corrected chi connectivity index (χ4v) is 5.65. The minimum Gasteiger partial charge on any atom is -0.346 e. The summed E-state index contributed by atoms with van der Waals surface area (Å²) in [4.78, 5) is 7.29. The standard InChI is InChI=1S/C20H21N7O2S/c1-2-3-8-30(28,29)26-13-20(14-26,5-6-21)27-12-16(11-25-27)18-15(9-22)10-24-19-17(18)4-7-23-19/h4,7,10-12H,2-3,5,8,13-14H2,1H3,(H,23,24). The van der Waals surface area contributed by atoms with Gasteiger partial charge >= 0.3 is 0 Å². The van der Waals surface area contributed by atoms with Gasteiger partial charge in [-0.15, -0.1) is 0 Å². The zero-order valence-electron chi connectivity index (χ0n) is 16.5. The molecule has 1 aliphatic rings. The van der Waals surface area contributed by atoms with E-state index in [2.05, 4.69) is 27.2 Å². The normalized spacial score (nSPS) is 16.1. The second kappa shape index (κ2) is 7.56. The van der Waals surface area contributed by atoms with Crippen molar-refractivity contribution in [3.8, 4) is 23.3 Å².